The van der Waals surface area contributed by atoms with Crippen LogP contribution < -0.4 is 10.6 Å². The minimum atomic E-state index is -0.418. The highest BCUT2D eigenvalue weighted by molar-refractivity contribution is 9.10. The number of anilines is 1. The molecule has 2 N–H and O–H groups in total. The average molecular weight is 384 g/mol. The zero-order chi connectivity index (χ0) is 17.4. The van der Waals surface area contributed by atoms with Gasteiger partial charge in [-0.2, -0.15) is 5.26 Å². The van der Waals surface area contributed by atoms with Crippen LogP contribution in [0.1, 0.15) is 11.1 Å². The van der Waals surface area contributed by atoms with Gasteiger partial charge in [0.2, 0.25) is 0 Å². The molecule has 0 heterocycles. The van der Waals surface area contributed by atoms with Crippen LogP contribution in [0, 0.1) is 18.3 Å². The van der Waals surface area contributed by atoms with Gasteiger partial charge in [-0.1, -0.05) is 40.2 Å². The molecule has 0 saturated carbocycles. The maximum Gasteiger partial charge on any atom is 0.267 e. The minimum absolute atomic E-state index is 0.0470. The van der Waals surface area contributed by atoms with E-state index in [-0.39, 0.29) is 5.57 Å². The highest BCUT2D eigenvalue weighted by Crippen LogP contribution is 2.12. The van der Waals surface area contributed by atoms with E-state index in [1.54, 1.807) is 6.07 Å². The Hall–Kier alpha value is -2.58. The van der Waals surface area contributed by atoms with Crippen molar-refractivity contribution < 1.29 is 4.79 Å². The van der Waals surface area contributed by atoms with Crippen molar-refractivity contribution in [3.05, 3.63) is 75.9 Å². The number of benzene rings is 2. The number of nitriles is 1. The Morgan fingerprint density at radius 3 is 2.75 bits per heavy atom. The molecule has 0 aliphatic heterocycles. The molecule has 0 unspecified atom stereocenters. The van der Waals surface area contributed by atoms with Crippen molar-refractivity contribution in [2.45, 2.75) is 13.3 Å². The van der Waals surface area contributed by atoms with Gasteiger partial charge in [0.1, 0.15) is 11.6 Å². The van der Waals surface area contributed by atoms with Crippen molar-refractivity contribution >= 4 is 27.5 Å². The number of rotatable bonds is 6. The van der Waals surface area contributed by atoms with Gasteiger partial charge in [-0.05, 0) is 48.7 Å². The highest BCUT2D eigenvalue weighted by Gasteiger charge is 2.09. The fraction of sp³-hybridized carbons (Fsp3) is 0.158. The van der Waals surface area contributed by atoms with Crippen LogP contribution in [0.25, 0.3) is 0 Å². The first-order valence-electron chi connectivity index (χ1n) is 7.54. The van der Waals surface area contributed by atoms with Crippen molar-refractivity contribution in [3.8, 4) is 6.07 Å². The molecule has 0 aromatic heterocycles. The van der Waals surface area contributed by atoms with Gasteiger partial charge in [0, 0.05) is 22.9 Å². The van der Waals surface area contributed by atoms with E-state index in [9.17, 15) is 4.79 Å². The molecule has 0 radical (unpaired) electrons. The summed E-state index contributed by atoms with van der Waals surface area (Å²) in [6, 6.07) is 17.4. The van der Waals surface area contributed by atoms with E-state index >= 15 is 0 Å². The van der Waals surface area contributed by atoms with Crippen molar-refractivity contribution in [2.24, 2.45) is 0 Å². The maximum absolute atomic E-state index is 12.1. The second kappa shape index (κ2) is 8.90. The molecule has 0 aliphatic carbocycles. The van der Waals surface area contributed by atoms with E-state index in [1.165, 1.54) is 11.8 Å². The molecule has 4 nitrogen and oxygen atoms in total. The summed E-state index contributed by atoms with van der Waals surface area (Å²) in [5.74, 6) is -0.418. The predicted octanol–water partition coefficient (Wildman–Crippen LogP) is 3.94. The van der Waals surface area contributed by atoms with Gasteiger partial charge in [0.25, 0.3) is 5.91 Å². The second-order valence-electron chi connectivity index (χ2n) is 5.33. The van der Waals surface area contributed by atoms with E-state index in [0.717, 1.165) is 16.5 Å². The van der Waals surface area contributed by atoms with Gasteiger partial charge in [0.15, 0.2) is 0 Å². The van der Waals surface area contributed by atoms with Crippen LogP contribution in [0.15, 0.2) is 64.8 Å². The van der Waals surface area contributed by atoms with Gasteiger partial charge in [-0.3, -0.25) is 4.79 Å². The zero-order valence-electron chi connectivity index (χ0n) is 13.3. The molecule has 0 aliphatic rings. The number of halogens is 1. The number of amides is 1. The summed E-state index contributed by atoms with van der Waals surface area (Å²) < 4.78 is 1.03. The SMILES string of the molecule is Cc1cccc(NC(=O)/C(C#N)=C\NCCc2cccc(Br)c2)c1. The van der Waals surface area contributed by atoms with Crippen LogP contribution in [0.5, 0.6) is 0 Å². The summed E-state index contributed by atoms with van der Waals surface area (Å²) in [7, 11) is 0. The Kier molecular flexibility index (Phi) is 6.59. The summed E-state index contributed by atoms with van der Waals surface area (Å²) >= 11 is 3.43. The lowest BCUT2D eigenvalue weighted by Gasteiger charge is -2.06. The summed E-state index contributed by atoms with van der Waals surface area (Å²) in [5, 5.41) is 14.9. The van der Waals surface area contributed by atoms with Crippen molar-refractivity contribution in [2.75, 3.05) is 11.9 Å². The van der Waals surface area contributed by atoms with Crippen molar-refractivity contribution in [1.29, 1.82) is 5.26 Å². The van der Waals surface area contributed by atoms with E-state index in [2.05, 4.69) is 26.6 Å². The Bertz CT molecular complexity index is 793. The number of carbonyl (C=O) groups excluding carboxylic acids is 1. The third-order valence-corrected chi connectivity index (χ3v) is 3.83. The topological polar surface area (TPSA) is 64.9 Å². The van der Waals surface area contributed by atoms with Gasteiger partial charge in [-0.25, -0.2) is 0 Å². The van der Waals surface area contributed by atoms with E-state index < -0.39 is 5.91 Å². The van der Waals surface area contributed by atoms with Crippen LogP contribution in [0.3, 0.4) is 0 Å². The third kappa shape index (κ3) is 5.56. The Morgan fingerprint density at radius 2 is 2.04 bits per heavy atom. The molecule has 24 heavy (non-hydrogen) atoms. The highest BCUT2D eigenvalue weighted by atomic mass is 79.9. The van der Waals surface area contributed by atoms with E-state index in [0.29, 0.717) is 12.2 Å². The molecule has 2 aromatic rings. The number of nitrogens with zero attached hydrogens (tertiary/aromatic N) is 1. The number of carbonyl (C=O) groups is 1. The molecular formula is C19H18BrN3O. The number of aryl methyl sites for hydroxylation is 1. The molecule has 122 valence electrons. The van der Waals surface area contributed by atoms with Crippen LogP contribution in [0.2, 0.25) is 0 Å². The molecule has 2 aromatic carbocycles. The molecule has 2 rings (SSSR count). The van der Waals surface area contributed by atoms with Gasteiger partial charge < -0.3 is 10.6 Å². The molecular weight excluding hydrogens is 366 g/mol. The third-order valence-electron chi connectivity index (χ3n) is 3.33. The molecule has 1 amide bonds. The van der Waals surface area contributed by atoms with Crippen molar-refractivity contribution in [1.82, 2.24) is 5.32 Å². The first-order valence-corrected chi connectivity index (χ1v) is 8.34. The second-order valence-corrected chi connectivity index (χ2v) is 6.24. The Labute approximate surface area is 150 Å². The molecule has 0 fully saturated rings. The quantitative estimate of drug-likeness (QED) is 0.451. The molecule has 0 atom stereocenters. The molecule has 5 heteroatoms. The summed E-state index contributed by atoms with van der Waals surface area (Å²) in [4.78, 5) is 12.1. The predicted molar refractivity (Wildman–Crippen MR) is 99.4 cm³/mol. The van der Waals surface area contributed by atoms with Crippen molar-refractivity contribution in [3.63, 3.8) is 0 Å². The molecule has 0 saturated heterocycles. The minimum Gasteiger partial charge on any atom is -0.389 e. The standard InChI is InChI=1S/C19H18BrN3O/c1-14-4-2-7-18(10-14)23-19(24)16(12-21)13-22-9-8-15-5-3-6-17(20)11-15/h2-7,10-11,13,22H,8-9H2,1H3,(H,23,24)/b16-13-. The lowest BCUT2D eigenvalue weighted by molar-refractivity contribution is -0.112. The monoisotopic (exact) mass is 383 g/mol. The number of hydrogen-bond donors (Lipinski definition) is 2. The van der Waals surface area contributed by atoms with Crippen LogP contribution >= 0.6 is 15.9 Å². The average Bonchev–Trinajstić information content (AvgIpc) is 2.55. The molecule has 0 spiro atoms. The first kappa shape index (κ1) is 17.8. The van der Waals surface area contributed by atoms with E-state index in [4.69, 9.17) is 5.26 Å². The smallest absolute Gasteiger partial charge is 0.267 e. The normalized spacial score (nSPS) is 10.8. The molecule has 0 bridgehead atoms. The fourth-order valence-corrected chi connectivity index (χ4v) is 2.60. The van der Waals surface area contributed by atoms with Crippen LogP contribution in [-0.2, 0) is 11.2 Å². The van der Waals surface area contributed by atoms with E-state index in [1.807, 2.05) is 55.5 Å². The Balaban J connectivity index is 1.89. The maximum atomic E-state index is 12.1. The van der Waals surface area contributed by atoms with Gasteiger partial charge in [0.05, 0.1) is 0 Å². The lowest BCUT2D eigenvalue weighted by Crippen LogP contribution is -2.18. The summed E-state index contributed by atoms with van der Waals surface area (Å²) in [6.07, 6.45) is 2.26. The number of hydrogen-bond acceptors (Lipinski definition) is 3. The zero-order valence-corrected chi connectivity index (χ0v) is 14.9. The number of nitrogens with one attached hydrogen (secondary N) is 2. The lowest BCUT2D eigenvalue weighted by atomic mass is 10.1. The Morgan fingerprint density at radius 1 is 1.25 bits per heavy atom. The largest absolute Gasteiger partial charge is 0.389 e. The summed E-state index contributed by atoms with van der Waals surface area (Å²) in [5.41, 5.74) is 2.94. The van der Waals surface area contributed by atoms with Crippen LogP contribution in [-0.4, -0.2) is 12.5 Å². The fourth-order valence-electron chi connectivity index (χ4n) is 2.15. The first-order chi connectivity index (χ1) is 11.6. The van der Waals surface area contributed by atoms with Crippen LogP contribution in [0.4, 0.5) is 5.69 Å². The summed E-state index contributed by atoms with van der Waals surface area (Å²) in [6.45, 7) is 2.58. The van der Waals surface area contributed by atoms with Gasteiger partial charge in [-0.15, -0.1) is 0 Å². The van der Waals surface area contributed by atoms with Gasteiger partial charge >= 0.3 is 0 Å².